The number of rotatable bonds is 8. The average molecular weight is 307 g/mol. The van der Waals surface area contributed by atoms with Crippen LogP contribution in [0.1, 0.15) is 41.3 Å². The van der Waals surface area contributed by atoms with Crippen molar-refractivity contribution in [1.82, 2.24) is 5.32 Å². The lowest BCUT2D eigenvalue weighted by atomic mass is 9.94. The molecule has 0 spiro atoms. The van der Waals surface area contributed by atoms with Crippen LogP contribution in [0.5, 0.6) is 0 Å². The van der Waals surface area contributed by atoms with Gasteiger partial charge in [-0.2, -0.15) is 11.8 Å². The zero-order valence-corrected chi connectivity index (χ0v) is 14.0. The fraction of sp³-hybridized carbons (Fsp3) is 0.471. The third-order valence-electron chi connectivity index (χ3n) is 3.41. The van der Waals surface area contributed by atoms with Gasteiger partial charge in [-0.05, 0) is 42.8 Å². The zero-order chi connectivity index (χ0) is 15.8. The van der Waals surface area contributed by atoms with Crippen LogP contribution >= 0.6 is 11.8 Å². The topological polar surface area (TPSA) is 49.3 Å². The van der Waals surface area contributed by atoms with E-state index in [4.69, 9.17) is 0 Å². The molecule has 4 heteroatoms. The highest BCUT2D eigenvalue weighted by Gasteiger charge is 2.13. The Labute approximate surface area is 131 Å². The van der Waals surface area contributed by atoms with Gasteiger partial charge < -0.3 is 10.4 Å². The molecule has 1 rings (SSSR count). The third kappa shape index (κ3) is 5.56. The van der Waals surface area contributed by atoms with Crippen molar-refractivity contribution in [2.24, 2.45) is 0 Å². The van der Waals surface area contributed by atoms with Crippen LogP contribution in [-0.4, -0.2) is 36.2 Å². The average Bonchev–Trinajstić information content (AvgIpc) is 2.45. The number of carbonyl (C=O) groups is 1. The summed E-state index contributed by atoms with van der Waals surface area (Å²) in [6.45, 7) is 4.03. The summed E-state index contributed by atoms with van der Waals surface area (Å²) in [5.74, 6) is 0.399. The van der Waals surface area contributed by atoms with Crippen LogP contribution in [0.25, 0.3) is 0 Å². The zero-order valence-electron chi connectivity index (χ0n) is 13.2. The standard InChI is InChI=1S/C17H25NO2S/c1-12(2)15-9-8-13(10-16(15)17(19)20)6-5-7-14(18-3)11-21-4/h5,7-10,12,14,18H,6,11H2,1-4H3,(H,19,20)/b7-5+/t14-/m1/s1. The highest BCUT2D eigenvalue weighted by Crippen LogP contribution is 2.21. The second-order valence-electron chi connectivity index (χ2n) is 5.36. The van der Waals surface area contributed by atoms with E-state index < -0.39 is 5.97 Å². The number of hydrogen-bond donors (Lipinski definition) is 2. The van der Waals surface area contributed by atoms with E-state index in [-0.39, 0.29) is 5.92 Å². The van der Waals surface area contributed by atoms with Crippen molar-refractivity contribution in [2.45, 2.75) is 32.2 Å². The summed E-state index contributed by atoms with van der Waals surface area (Å²) in [6.07, 6.45) is 7.09. The van der Waals surface area contributed by atoms with Crippen LogP contribution in [0.4, 0.5) is 0 Å². The van der Waals surface area contributed by atoms with Crippen LogP contribution in [-0.2, 0) is 6.42 Å². The Morgan fingerprint density at radius 2 is 2.14 bits per heavy atom. The maximum Gasteiger partial charge on any atom is 0.335 e. The molecular formula is C17H25NO2S. The van der Waals surface area contributed by atoms with Gasteiger partial charge >= 0.3 is 5.97 Å². The van der Waals surface area contributed by atoms with Crippen molar-refractivity contribution in [3.8, 4) is 0 Å². The monoisotopic (exact) mass is 307 g/mol. The minimum atomic E-state index is -0.847. The normalized spacial score (nSPS) is 13.0. The minimum Gasteiger partial charge on any atom is -0.478 e. The molecule has 0 aliphatic rings. The first kappa shape index (κ1) is 17.8. The Bertz CT molecular complexity index is 498. The highest BCUT2D eigenvalue weighted by molar-refractivity contribution is 7.98. The van der Waals surface area contributed by atoms with E-state index in [1.807, 2.05) is 33.0 Å². The highest BCUT2D eigenvalue weighted by atomic mass is 32.2. The molecule has 0 saturated heterocycles. The smallest absolute Gasteiger partial charge is 0.335 e. The van der Waals surface area contributed by atoms with Crippen molar-refractivity contribution in [2.75, 3.05) is 19.1 Å². The molecule has 1 aromatic rings. The van der Waals surface area contributed by atoms with Crippen molar-refractivity contribution < 1.29 is 9.90 Å². The largest absolute Gasteiger partial charge is 0.478 e. The Morgan fingerprint density at radius 3 is 2.67 bits per heavy atom. The Hall–Kier alpha value is -1.26. The van der Waals surface area contributed by atoms with Gasteiger partial charge in [0.1, 0.15) is 0 Å². The van der Waals surface area contributed by atoms with Crippen LogP contribution in [0, 0.1) is 0 Å². The Balaban J connectivity index is 2.83. The van der Waals surface area contributed by atoms with Gasteiger partial charge in [0.25, 0.3) is 0 Å². The van der Waals surface area contributed by atoms with Gasteiger partial charge in [0.05, 0.1) is 5.56 Å². The van der Waals surface area contributed by atoms with E-state index >= 15 is 0 Å². The number of allylic oxidation sites excluding steroid dienone is 1. The maximum atomic E-state index is 11.4. The van der Waals surface area contributed by atoms with E-state index in [1.165, 1.54) is 0 Å². The lowest BCUT2D eigenvalue weighted by Crippen LogP contribution is -2.25. The first-order chi connectivity index (χ1) is 9.99. The van der Waals surface area contributed by atoms with E-state index in [1.54, 1.807) is 17.8 Å². The van der Waals surface area contributed by atoms with Gasteiger partial charge in [-0.3, -0.25) is 0 Å². The molecule has 3 nitrogen and oxygen atoms in total. The number of hydrogen-bond acceptors (Lipinski definition) is 3. The van der Waals surface area contributed by atoms with Gasteiger partial charge in [0.15, 0.2) is 0 Å². The van der Waals surface area contributed by atoms with Crippen molar-refractivity contribution in [3.05, 3.63) is 47.0 Å². The molecule has 0 amide bonds. The first-order valence-electron chi connectivity index (χ1n) is 7.18. The molecule has 0 aliphatic heterocycles. The predicted octanol–water partition coefficient (Wildman–Crippen LogP) is 3.56. The number of thioether (sulfide) groups is 1. The molecule has 0 radical (unpaired) electrons. The SMILES string of the molecule is CN[C@H](/C=C/Cc1ccc(C(C)C)c(C(=O)O)c1)CSC. The van der Waals surface area contributed by atoms with Gasteiger partial charge in [-0.25, -0.2) is 4.79 Å². The van der Waals surface area contributed by atoms with E-state index in [0.29, 0.717) is 11.6 Å². The molecular weight excluding hydrogens is 282 g/mol. The molecule has 1 aromatic carbocycles. The van der Waals surface area contributed by atoms with Crippen molar-refractivity contribution >= 4 is 17.7 Å². The quantitative estimate of drug-likeness (QED) is 0.721. The summed E-state index contributed by atoms with van der Waals surface area (Å²) in [7, 11) is 1.95. The van der Waals surface area contributed by atoms with Gasteiger partial charge in [0, 0.05) is 11.8 Å². The number of carboxylic acids is 1. The lowest BCUT2D eigenvalue weighted by molar-refractivity contribution is 0.0695. The molecule has 0 aromatic heterocycles. The molecule has 116 valence electrons. The number of benzene rings is 1. The second kappa shape index (κ2) is 8.90. The molecule has 0 unspecified atom stereocenters. The molecule has 0 heterocycles. The lowest BCUT2D eigenvalue weighted by Gasteiger charge is -2.11. The van der Waals surface area contributed by atoms with Gasteiger partial charge in [-0.1, -0.05) is 38.1 Å². The van der Waals surface area contributed by atoms with Crippen molar-refractivity contribution in [3.63, 3.8) is 0 Å². The summed E-state index contributed by atoms with van der Waals surface area (Å²) in [5, 5.41) is 12.6. The van der Waals surface area contributed by atoms with Gasteiger partial charge in [-0.15, -0.1) is 0 Å². The Kier molecular flexibility index (Phi) is 7.54. The summed E-state index contributed by atoms with van der Waals surface area (Å²) >= 11 is 1.80. The third-order valence-corrected chi connectivity index (χ3v) is 4.10. The number of aromatic carboxylic acids is 1. The molecule has 0 saturated carbocycles. The molecule has 1 atom stereocenters. The minimum absolute atomic E-state index is 0.218. The van der Waals surface area contributed by atoms with Crippen LogP contribution in [0.2, 0.25) is 0 Å². The summed E-state index contributed by atoms with van der Waals surface area (Å²) in [4.78, 5) is 11.4. The molecule has 0 aliphatic carbocycles. The summed E-state index contributed by atoms with van der Waals surface area (Å²) in [6, 6.07) is 6.11. The molecule has 0 fully saturated rings. The van der Waals surface area contributed by atoms with Crippen LogP contribution in [0.15, 0.2) is 30.4 Å². The first-order valence-corrected chi connectivity index (χ1v) is 8.58. The van der Waals surface area contributed by atoms with Crippen LogP contribution in [0.3, 0.4) is 0 Å². The maximum absolute atomic E-state index is 11.4. The van der Waals surface area contributed by atoms with E-state index in [9.17, 15) is 9.90 Å². The predicted molar refractivity (Wildman–Crippen MR) is 91.6 cm³/mol. The fourth-order valence-corrected chi connectivity index (χ4v) is 2.84. The molecule has 0 bridgehead atoms. The van der Waals surface area contributed by atoms with Crippen molar-refractivity contribution in [1.29, 1.82) is 0 Å². The van der Waals surface area contributed by atoms with E-state index in [0.717, 1.165) is 23.3 Å². The number of nitrogens with one attached hydrogen (secondary N) is 1. The number of carboxylic acid groups (broad SMARTS) is 1. The van der Waals surface area contributed by atoms with Gasteiger partial charge in [0.2, 0.25) is 0 Å². The summed E-state index contributed by atoms with van der Waals surface area (Å²) in [5.41, 5.74) is 2.35. The molecule has 21 heavy (non-hydrogen) atoms. The molecule has 2 N–H and O–H groups in total. The number of likely N-dealkylation sites (N-methyl/N-ethyl adjacent to an activating group) is 1. The summed E-state index contributed by atoms with van der Waals surface area (Å²) < 4.78 is 0. The second-order valence-corrected chi connectivity index (χ2v) is 6.27. The Morgan fingerprint density at radius 1 is 1.43 bits per heavy atom. The van der Waals surface area contributed by atoms with E-state index in [2.05, 4.69) is 23.7 Å². The van der Waals surface area contributed by atoms with Crippen LogP contribution < -0.4 is 5.32 Å². The fourth-order valence-electron chi connectivity index (χ4n) is 2.20.